The second-order valence-corrected chi connectivity index (χ2v) is 12.4. The Hall–Kier alpha value is -0.580. The van der Waals surface area contributed by atoms with Crippen LogP contribution in [0.25, 0.3) is 0 Å². The van der Waals surface area contributed by atoms with E-state index in [1.54, 1.807) is 0 Å². The van der Waals surface area contributed by atoms with Crippen LogP contribution in [0.2, 0.25) is 0 Å². The van der Waals surface area contributed by atoms with Gasteiger partial charge in [0.15, 0.2) is 0 Å². The van der Waals surface area contributed by atoms with Crippen molar-refractivity contribution in [3.63, 3.8) is 0 Å². The molecule has 4 saturated carbocycles. The highest BCUT2D eigenvalue weighted by atomic mass is 16.3. The van der Waals surface area contributed by atoms with Gasteiger partial charge in [0.2, 0.25) is 0 Å². The van der Waals surface area contributed by atoms with Gasteiger partial charge in [-0.15, -0.1) is 0 Å². The fraction of sp³-hybridized carbons (Fsp3) is 0.926. The van der Waals surface area contributed by atoms with Crippen LogP contribution in [0.3, 0.4) is 0 Å². The summed E-state index contributed by atoms with van der Waals surface area (Å²) in [6, 6.07) is 0. The highest BCUT2D eigenvalue weighted by Crippen LogP contribution is 2.68. The standard InChI is InChI=1S/C27H46O4/c1-16(15-28)6-5-7-17(2)20-8-9-21-25-22(14-24(31)27(20,21)4)26(3)11-10-19(29)12-18(26)13-23(25)30/h15,17-25,28-31H,5-14H2,1-4H3/b16-15+/t17-,18-,19-,20-,21+,22+,23-,24+,25+,26+,27-/m1/s1. The molecule has 0 aromatic carbocycles. The summed E-state index contributed by atoms with van der Waals surface area (Å²) in [5.41, 5.74) is 1.07. The first-order valence-electron chi connectivity index (χ1n) is 13.0. The highest BCUT2D eigenvalue weighted by Gasteiger charge is 2.65. The number of allylic oxidation sites excluding steroid dienone is 1. The summed E-state index contributed by atoms with van der Waals surface area (Å²) in [4.78, 5) is 0. The molecule has 0 heterocycles. The highest BCUT2D eigenvalue weighted by molar-refractivity contribution is 5.14. The van der Waals surface area contributed by atoms with E-state index in [-0.39, 0.29) is 29.1 Å². The fourth-order valence-corrected chi connectivity index (χ4v) is 9.10. The molecule has 0 aromatic rings. The maximum atomic E-state index is 11.6. The Kier molecular flexibility index (Phi) is 6.58. The summed E-state index contributed by atoms with van der Waals surface area (Å²) in [5.74, 6) is 2.48. The average molecular weight is 435 g/mol. The Bertz CT molecular complexity index is 676. The van der Waals surface area contributed by atoms with Gasteiger partial charge in [-0.05, 0) is 117 Å². The predicted molar refractivity (Wildman–Crippen MR) is 123 cm³/mol. The molecule has 31 heavy (non-hydrogen) atoms. The van der Waals surface area contributed by atoms with E-state index >= 15 is 0 Å². The maximum Gasteiger partial charge on any atom is 0.0780 e. The maximum absolute atomic E-state index is 11.6. The van der Waals surface area contributed by atoms with E-state index in [9.17, 15) is 15.3 Å². The Labute approximate surface area is 189 Å². The number of hydrogen-bond acceptors (Lipinski definition) is 4. The molecule has 0 saturated heterocycles. The summed E-state index contributed by atoms with van der Waals surface area (Å²) >= 11 is 0. The molecule has 11 atom stereocenters. The van der Waals surface area contributed by atoms with Gasteiger partial charge in [-0.25, -0.2) is 0 Å². The third kappa shape index (κ3) is 3.79. The van der Waals surface area contributed by atoms with Gasteiger partial charge in [0.1, 0.15) is 0 Å². The first kappa shape index (κ1) is 23.6. The summed E-state index contributed by atoms with van der Waals surface area (Å²) in [7, 11) is 0. The predicted octanol–water partition coefficient (Wildman–Crippen LogP) is 5.22. The van der Waals surface area contributed by atoms with E-state index in [0.717, 1.165) is 69.8 Å². The minimum Gasteiger partial charge on any atom is -0.516 e. The summed E-state index contributed by atoms with van der Waals surface area (Å²) < 4.78 is 0. The number of aliphatic hydroxyl groups is 4. The third-order valence-electron chi connectivity index (χ3n) is 11.0. The molecule has 0 aliphatic heterocycles. The molecule has 0 radical (unpaired) electrons. The number of rotatable bonds is 5. The molecule has 0 unspecified atom stereocenters. The van der Waals surface area contributed by atoms with Crippen molar-refractivity contribution in [3.8, 4) is 0 Å². The summed E-state index contributed by atoms with van der Waals surface area (Å²) in [5, 5.41) is 42.4. The van der Waals surface area contributed by atoms with E-state index in [4.69, 9.17) is 5.11 Å². The average Bonchev–Trinajstić information content (AvgIpc) is 3.08. The zero-order valence-corrected chi connectivity index (χ0v) is 20.1. The van der Waals surface area contributed by atoms with Crippen molar-refractivity contribution in [1.29, 1.82) is 0 Å². The van der Waals surface area contributed by atoms with Crippen molar-refractivity contribution in [2.24, 2.45) is 46.3 Å². The van der Waals surface area contributed by atoms with Crippen molar-refractivity contribution >= 4 is 0 Å². The van der Waals surface area contributed by atoms with Gasteiger partial charge >= 0.3 is 0 Å². The molecule has 4 aliphatic carbocycles. The quantitative estimate of drug-likeness (QED) is 0.448. The SMILES string of the molecule is C/C(=C\O)CCC[C@@H](C)[C@H]1CC[C@H]2[C@@H]3[C@H](O)C[C@H]4C[C@H](O)CC[C@]4(C)[C@H]3C[C@H](O)[C@]12C. The third-order valence-corrected chi connectivity index (χ3v) is 11.0. The van der Waals surface area contributed by atoms with Crippen LogP contribution >= 0.6 is 0 Å². The molecule has 4 aliphatic rings. The van der Waals surface area contributed by atoms with E-state index in [0.29, 0.717) is 35.5 Å². The van der Waals surface area contributed by atoms with Gasteiger partial charge in [-0.3, -0.25) is 0 Å². The van der Waals surface area contributed by atoms with Gasteiger partial charge < -0.3 is 20.4 Å². The van der Waals surface area contributed by atoms with Gasteiger partial charge in [0.25, 0.3) is 0 Å². The molecular formula is C27H46O4. The second kappa shape index (κ2) is 8.65. The Morgan fingerprint density at radius 2 is 1.77 bits per heavy atom. The Balaban J connectivity index is 1.54. The fourth-order valence-electron chi connectivity index (χ4n) is 9.10. The monoisotopic (exact) mass is 434 g/mol. The van der Waals surface area contributed by atoms with Crippen molar-refractivity contribution < 1.29 is 20.4 Å². The minimum atomic E-state index is -0.303. The summed E-state index contributed by atoms with van der Waals surface area (Å²) in [6.07, 6.45) is 10.2. The molecule has 0 amide bonds. The molecule has 0 aromatic heterocycles. The molecule has 4 heteroatoms. The first-order chi connectivity index (χ1) is 14.6. The molecular weight excluding hydrogens is 388 g/mol. The molecule has 4 rings (SSSR count). The lowest BCUT2D eigenvalue weighted by molar-refractivity contribution is -0.207. The lowest BCUT2D eigenvalue weighted by atomic mass is 9.43. The first-order valence-corrected chi connectivity index (χ1v) is 13.0. The van der Waals surface area contributed by atoms with Gasteiger partial charge in [-0.2, -0.15) is 0 Å². The lowest BCUT2D eigenvalue weighted by Gasteiger charge is -2.63. The molecule has 4 nitrogen and oxygen atoms in total. The zero-order valence-electron chi connectivity index (χ0n) is 20.1. The van der Waals surface area contributed by atoms with Crippen LogP contribution in [0.4, 0.5) is 0 Å². The topological polar surface area (TPSA) is 80.9 Å². The van der Waals surface area contributed by atoms with Crippen molar-refractivity contribution in [3.05, 3.63) is 11.8 Å². The molecule has 4 N–H and O–H groups in total. The van der Waals surface area contributed by atoms with E-state index < -0.39 is 0 Å². The molecule has 0 bridgehead atoms. The van der Waals surface area contributed by atoms with Crippen LogP contribution in [-0.4, -0.2) is 38.7 Å². The Morgan fingerprint density at radius 3 is 2.48 bits per heavy atom. The van der Waals surface area contributed by atoms with Gasteiger partial charge in [0, 0.05) is 0 Å². The van der Waals surface area contributed by atoms with E-state index in [1.165, 1.54) is 6.26 Å². The van der Waals surface area contributed by atoms with Gasteiger partial charge in [0.05, 0.1) is 24.6 Å². The van der Waals surface area contributed by atoms with Crippen molar-refractivity contribution in [2.75, 3.05) is 0 Å². The van der Waals surface area contributed by atoms with Crippen LogP contribution in [-0.2, 0) is 0 Å². The number of fused-ring (bicyclic) bond motifs is 5. The van der Waals surface area contributed by atoms with Gasteiger partial charge in [-0.1, -0.05) is 27.2 Å². The van der Waals surface area contributed by atoms with Crippen LogP contribution < -0.4 is 0 Å². The number of hydrogen-bond donors (Lipinski definition) is 4. The molecule has 0 spiro atoms. The normalized spacial score (nSPS) is 51.0. The summed E-state index contributed by atoms with van der Waals surface area (Å²) in [6.45, 7) is 9.06. The largest absolute Gasteiger partial charge is 0.516 e. The number of aliphatic hydroxyl groups excluding tert-OH is 4. The van der Waals surface area contributed by atoms with Crippen molar-refractivity contribution in [2.45, 2.75) is 110 Å². The molecule has 4 fully saturated rings. The Morgan fingerprint density at radius 1 is 1.03 bits per heavy atom. The zero-order chi connectivity index (χ0) is 22.6. The van der Waals surface area contributed by atoms with Crippen LogP contribution in [0.15, 0.2) is 11.8 Å². The molecule has 178 valence electrons. The van der Waals surface area contributed by atoms with Crippen LogP contribution in [0.1, 0.15) is 91.9 Å². The van der Waals surface area contributed by atoms with Crippen LogP contribution in [0, 0.1) is 46.3 Å². The minimum absolute atomic E-state index is 0.110. The van der Waals surface area contributed by atoms with E-state index in [2.05, 4.69) is 20.8 Å². The van der Waals surface area contributed by atoms with Crippen molar-refractivity contribution in [1.82, 2.24) is 0 Å². The smallest absolute Gasteiger partial charge is 0.0780 e. The van der Waals surface area contributed by atoms with Crippen LogP contribution in [0.5, 0.6) is 0 Å². The van der Waals surface area contributed by atoms with E-state index in [1.807, 2.05) is 6.92 Å². The second-order valence-electron chi connectivity index (χ2n) is 12.4. The lowest BCUT2D eigenvalue weighted by Crippen LogP contribution is -2.62.